The first-order valence-electron chi connectivity index (χ1n) is 4.25. The van der Waals surface area contributed by atoms with Crippen LogP contribution < -0.4 is 0 Å². The van der Waals surface area contributed by atoms with E-state index in [1.54, 1.807) is 13.0 Å². The molecule has 2 N–H and O–H groups in total. The Labute approximate surface area is 86.3 Å². The fourth-order valence-electron chi connectivity index (χ4n) is 1.13. The predicted octanol–water partition coefficient (Wildman–Crippen LogP) is 2.47. The Morgan fingerprint density at radius 1 is 1.46 bits per heavy atom. The lowest BCUT2D eigenvalue weighted by molar-refractivity contribution is 0.184. The van der Waals surface area contributed by atoms with E-state index in [2.05, 4.69) is 15.9 Å². The molecule has 0 bridgehead atoms. The first kappa shape index (κ1) is 10.5. The van der Waals surface area contributed by atoms with Gasteiger partial charge in [-0.05, 0) is 47.3 Å². The standard InChI is InChI=1S/C10H13BrO2/c1-7(12)5-6-8-3-2-4-9(11)10(8)13/h2-4,7,12-13H,5-6H2,1H3/t7-/m0/s1. The lowest BCUT2D eigenvalue weighted by Gasteiger charge is -2.07. The number of benzene rings is 1. The van der Waals surface area contributed by atoms with Crippen molar-refractivity contribution in [3.63, 3.8) is 0 Å². The van der Waals surface area contributed by atoms with Crippen molar-refractivity contribution in [2.24, 2.45) is 0 Å². The summed E-state index contributed by atoms with van der Waals surface area (Å²) in [6.45, 7) is 1.75. The van der Waals surface area contributed by atoms with Gasteiger partial charge in [0.05, 0.1) is 10.6 Å². The molecule has 1 aromatic rings. The Balaban J connectivity index is 2.71. The maximum absolute atomic E-state index is 9.58. The Kier molecular flexibility index (Phi) is 3.75. The minimum absolute atomic E-state index is 0.281. The number of phenolic OH excluding ortho intramolecular Hbond substituents is 1. The molecule has 2 nitrogen and oxygen atoms in total. The van der Waals surface area contributed by atoms with E-state index in [0.717, 1.165) is 5.56 Å². The molecule has 0 amide bonds. The van der Waals surface area contributed by atoms with Crippen LogP contribution in [0.25, 0.3) is 0 Å². The predicted molar refractivity (Wildman–Crippen MR) is 55.8 cm³/mol. The van der Waals surface area contributed by atoms with Gasteiger partial charge in [0, 0.05) is 0 Å². The van der Waals surface area contributed by atoms with Gasteiger partial charge in [0.2, 0.25) is 0 Å². The minimum Gasteiger partial charge on any atom is -0.506 e. The van der Waals surface area contributed by atoms with E-state index >= 15 is 0 Å². The van der Waals surface area contributed by atoms with E-state index in [9.17, 15) is 5.11 Å². The molecule has 3 heteroatoms. The molecule has 0 saturated carbocycles. The molecule has 72 valence electrons. The normalized spacial score (nSPS) is 12.8. The molecular formula is C10H13BrO2. The molecule has 0 spiro atoms. The molecule has 1 aromatic carbocycles. The van der Waals surface area contributed by atoms with Crippen LogP contribution in [0.5, 0.6) is 5.75 Å². The maximum Gasteiger partial charge on any atom is 0.132 e. The van der Waals surface area contributed by atoms with Crippen LogP contribution in [0.3, 0.4) is 0 Å². The van der Waals surface area contributed by atoms with Crippen LogP contribution in [0.15, 0.2) is 22.7 Å². The molecule has 1 atom stereocenters. The van der Waals surface area contributed by atoms with Crippen LogP contribution in [0.2, 0.25) is 0 Å². The maximum atomic E-state index is 9.58. The zero-order valence-corrected chi connectivity index (χ0v) is 9.08. The van der Waals surface area contributed by atoms with Crippen molar-refractivity contribution in [1.29, 1.82) is 0 Å². The number of aliphatic hydroxyl groups is 1. The van der Waals surface area contributed by atoms with Gasteiger partial charge in [0.1, 0.15) is 5.75 Å². The van der Waals surface area contributed by atoms with Crippen molar-refractivity contribution in [1.82, 2.24) is 0 Å². The van der Waals surface area contributed by atoms with E-state index in [1.807, 2.05) is 12.1 Å². The van der Waals surface area contributed by atoms with Gasteiger partial charge in [-0.1, -0.05) is 12.1 Å². The Bertz CT molecular complexity index is 284. The summed E-state index contributed by atoms with van der Waals surface area (Å²) in [6.07, 6.45) is 1.05. The number of hydrogen-bond donors (Lipinski definition) is 2. The minimum atomic E-state index is -0.321. The van der Waals surface area contributed by atoms with Crippen molar-refractivity contribution in [3.8, 4) is 5.75 Å². The summed E-state index contributed by atoms with van der Waals surface area (Å²) in [7, 11) is 0. The van der Waals surface area contributed by atoms with Gasteiger partial charge in [-0.3, -0.25) is 0 Å². The molecule has 0 aliphatic carbocycles. The summed E-state index contributed by atoms with van der Waals surface area (Å²) < 4.78 is 0.704. The average molecular weight is 245 g/mol. The Hall–Kier alpha value is -0.540. The molecule has 0 heterocycles. The third kappa shape index (κ3) is 3.01. The van der Waals surface area contributed by atoms with E-state index in [4.69, 9.17) is 5.11 Å². The fourth-order valence-corrected chi connectivity index (χ4v) is 1.53. The van der Waals surface area contributed by atoms with Crippen molar-refractivity contribution in [2.45, 2.75) is 25.9 Å². The van der Waals surface area contributed by atoms with Gasteiger partial charge < -0.3 is 10.2 Å². The number of hydrogen-bond acceptors (Lipinski definition) is 2. The van der Waals surface area contributed by atoms with Crippen molar-refractivity contribution >= 4 is 15.9 Å². The van der Waals surface area contributed by atoms with Crippen LogP contribution in [-0.4, -0.2) is 16.3 Å². The molecular weight excluding hydrogens is 232 g/mol. The zero-order chi connectivity index (χ0) is 9.84. The second kappa shape index (κ2) is 4.63. The number of para-hydroxylation sites is 1. The van der Waals surface area contributed by atoms with Crippen LogP contribution in [0.1, 0.15) is 18.9 Å². The first-order valence-corrected chi connectivity index (χ1v) is 5.05. The number of aliphatic hydroxyl groups excluding tert-OH is 1. The lowest BCUT2D eigenvalue weighted by atomic mass is 10.1. The summed E-state index contributed by atoms with van der Waals surface area (Å²) in [6, 6.07) is 5.53. The molecule has 0 aliphatic heterocycles. The second-order valence-corrected chi connectivity index (χ2v) is 3.99. The fraction of sp³-hybridized carbons (Fsp3) is 0.400. The SMILES string of the molecule is C[C@H](O)CCc1cccc(Br)c1O. The highest BCUT2D eigenvalue weighted by atomic mass is 79.9. The summed E-state index contributed by atoms with van der Waals surface area (Å²) >= 11 is 3.24. The highest BCUT2D eigenvalue weighted by Gasteiger charge is 2.05. The average Bonchev–Trinajstić information content (AvgIpc) is 2.07. The largest absolute Gasteiger partial charge is 0.506 e. The summed E-state index contributed by atoms with van der Waals surface area (Å²) in [5, 5.41) is 18.7. The van der Waals surface area contributed by atoms with Gasteiger partial charge >= 0.3 is 0 Å². The van der Waals surface area contributed by atoms with Crippen LogP contribution in [0.4, 0.5) is 0 Å². The molecule has 0 aromatic heterocycles. The van der Waals surface area contributed by atoms with Gasteiger partial charge in [-0.2, -0.15) is 0 Å². The third-order valence-electron chi connectivity index (χ3n) is 1.90. The van der Waals surface area contributed by atoms with Gasteiger partial charge in [0.15, 0.2) is 0 Å². The van der Waals surface area contributed by atoms with Crippen molar-refractivity contribution in [2.75, 3.05) is 0 Å². The van der Waals surface area contributed by atoms with Crippen LogP contribution >= 0.6 is 15.9 Å². The smallest absolute Gasteiger partial charge is 0.132 e. The summed E-state index contributed by atoms with van der Waals surface area (Å²) in [5.41, 5.74) is 0.871. The molecule has 0 radical (unpaired) electrons. The number of rotatable bonds is 3. The van der Waals surface area contributed by atoms with Crippen LogP contribution in [0, 0.1) is 0 Å². The number of aromatic hydroxyl groups is 1. The monoisotopic (exact) mass is 244 g/mol. The topological polar surface area (TPSA) is 40.5 Å². The summed E-state index contributed by atoms with van der Waals surface area (Å²) in [4.78, 5) is 0. The second-order valence-electron chi connectivity index (χ2n) is 3.14. The molecule has 0 unspecified atom stereocenters. The quantitative estimate of drug-likeness (QED) is 0.858. The Morgan fingerprint density at radius 3 is 2.77 bits per heavy atom. The van der Waals surface area contributed by atoms with Gasteiger partial charge in [-0.15, -0.1) is 0 Å². The number of halogens is 1. The molecule has 0 fully saturated rings. The van der Waals surface area contributed by atoms with Crippen molar-refractivity contribution in [3.05, 3.63) is 28.2 Å². The van der Waals surface area contributed by atoms with E-state index < -0.39 is 0 Å². The molecule has 13 heavy (non-hydrogen) atoms. The molecule has 0 aliphatic rings. The van der Waals surface area contributed by atoms with Gasteiger partial charge in [-0.25, -0.2) is 0 Å². The van der Waals surface area contributed by atoms with E-state index in [1.165, 1.54) is 0 Å². The highest BCUT2D eigenvalue weighted by molar-refractivity contribution is 9.10. The number of aryl methyl sites for hydroxylation is 1. The first-order chi connectivity index (χ1) is 6.11. The van der Waals surface area contributed by atoms with E-state index in [-0.39, 0.29) is 11.9 Å². The lowest BCUT2D eigenvalue weighted by Crippen LogP contribution is -2.01. The molecule has 1 rings (SSSR count). The Morgan fingerprint density at radius 2 is 2.15 bits per heavy atom. The summed E-state index contributed by atoms with van der Waals surface area (Å²) in [5.74, 6) is 0.281. The van der Waals surface area contributed by atoms with Crippen molar-refractivity contribution < 1.29 is 10.2 Å². The third-order valence-corrected chi connectivity index (χ3v) is 2.54. The number of phenols is 1. The van der Waals surface area contributed by atoms with Gasteiger partial charge in [0.25, 0.3) is 0 Å². The zero-order valence-electron chi connectivity index (χ0n) is 7.50. The molecule has 0 saturated heterocycles. The highest BCUT2D eigenvalue weighted by Crippen LogP contribution is 2.28. The van der Waals surface area contributed by atoms with Crippen LogP contribution in [-0.2, 0) is 6.42 Å². The van der Waals surface area contributed by atoms with E-state index in [0.29, 0.717) is 17.3 Å².